The molecule has 2 aromatic rings. The molecule has 1 atom stereocenters. The Hall–Kier alpha value is -1.79. The van der Waals surface area contributed by atoms with Gasteiger partial charge in [0.05, 0.1) is 18.9 Å². The number of furan rings is 1. The van der Waals surface area contributed by atoms with Gasteiger partial charge in [-0.25, -0.2) is 4.79 Å². The summed E-state index contributed by atoms with van der Waals surface area (Å²) in [6, 6.07) is 5.67. The maximum atomic E-state index is 12.5. The van der Waals surface area contributed by atoms with Gasteiger partial charge in [-0.15, -0.1) is 0 Å². The first-order valence-electron chi connectivity index (χ1n) is 7.49. The molecular weight excluding hydrogens is 300 g/mol. The van der Waals surface area contributed by atoms with Gasteiger partial charge in [0, 0.05) is 19.7 Å². The number of nitrogens with zero attached hydrogens (tertiary/aromatic N) is 1. The van der Waals surface area contributed by atoms with Crippen molar-refractivity contribution in [3.8, 4) is 0 Å². The van der Waals surface area contributed by atoms with Gasteiger partial charge in [0.25, 0.3) is 0 Å². The Morgan fingerprint density at radius 3 is 3.05 bits per heavy atom. The van der Waals surface area contributed by atoms with E-state index in [9.17, 15) is 4.79 Å². The summed E-state index contributed by atoms with van der Waals surface area (Å²) in [6.45, 7) is 2.39. The van der Waals surface area contributed by atoms with E-state index in [1.54, 1.807) is 22.5 Å². The van der Waals surface area contributed by atoms with E-state index >= 15 is 0 Å². The van der Waals surface area contributed by atoms with Crippen LogP contribution in [-0.2, 0) is 17.8 Å². The molecule has 1 saturated heterocycles. The van der Waals surface area contributed by atoms with Gasteiger partial charge < -0.3 is 19.4 Å². The number of carbonyl (C=O) groups is 1. The van der Waals surface area contributed by atoms with Crippen LogP contribution in [0.5, 0.6) is 0 Å². The summed E-state index contributed by atoms with van der Waals surface area (Å²) in [6.07, 6.45) is 3.87. The van der Waals surface area contributed by atoms with E-state index in [-0.39, 0.29) is 12.1 Å². The number of hydrogen-bond acceptors (Lipinski definition) is 4. The number of hydrogen-bond donors (Lipinski definition) is 1. The van der Waals surface area contributed by atoms with Gasteiger partial charge in [0.15, 0.2) is 0 Å². The summed E-state index contributed by atoms with van der Waals surface area (Å²) in [7, 11) is 0. The molecule has 3 heterocycles. The number of rotatable bonds is 6. The Morgan fingerprint density at radius 2 is 2.36 bits per heavy atom. The monoisotopic (exact) mass is 320 g/mol. The van der Waals surface area contributed by atoms with E-state index in [4.69, 9.17) is 9.15 Å². The summed E-state index contributed by atoms with van der Waals surface area (Å²) >= 11 is 1.63. The SMILES string of the molecule is O=C(NC[C@@H]1CCCO1)N(Cc1ccsc1)Cc1ccco1. The lowest BCUT2D eigenvalue weighted by Gasteiger charge is -2.22. The molecule has 0 aromatic carbocycles. The second-order valence-corrected chi connectivity index (χ2v) is 6.17. The van der Waals surface area contributed by atoms with Gasteiger partial charge in [-0.2, -0.15) is 11.3 Å². The fourth-order valence-electron chi connectivity index (χ4n) is 2.51. The molecule has 0 aliphatic carbocycles. The number of thiophene rings is 1. The second-order valence-electron chi connectivity index (χ2n) is 5.39. The molecular formula is C16H20N2O3S. The average Bonchev–Trinajstić information content (AvgIpc) is 3.27. The third-order valence-electron chi connectivity index (χ3n) is 3.67. The number of ether oxygens (including phenoxy) is 1. The van der Waals surface area contributed by atoms with Crippen molar-refractivity contribution in [2.45, 2.75) is 32.0 Å². The van der Waals surface area contributed by atoms with Crippen molar-refractivity contribution in [1.82, 2.24) is 10.2 Å². The van der Waals surface area contributed by atoms with Crippen LogP contribution in [0.2, 0.25) is 0 Å². The molecule has 6 heteroatoms. The van der Waals surface area contributed by atoms with Crippen molar-refractivity contribution in [1.29, 1.82) is 0 Å². The zero-order chi connectivity index (χ0) is 15.2. The molecule has 1 aliphatic rings. The molecule has 3 rings (SSSR count). The summed E-state index contributed by atoms with van der Waals surface area (Å²) in [5.74, 6) is 0.780. The quantitative estimate of drug-likeness (QED) is 0.889. The zero-order valence-electron chi connectivity index (χ0n) is 12.4. The lowest BCUT2D eigenvalue weighted by atomic mass is 10.2. The normalized spacial score (nSPS) is 17.5. The number of urea groups is 1. The van der Waals surface area contributed by atoms with E-state index in [1.165, 1.54) is 0 Å². The van der Waals surface area contributed by atoms with Crippen LogP contribution in [0.25, 0.3) is 0 Å². The molecule has 118 valence electrons. The van der Waals surface area contributed by atoms with Crippen molar-refractivity contribution < 1.29 is 13.9 Å². The number of carbonyl (C=O) groups excluding carboxylic acids is 1. The van der Waals surface area contributed by atoms with Crippen molar-refractivity contribution in [3.05, 3.63) is 46.5 Å². The number of amides is 2. The predicted molar refractivity (Wildman–Crippen MR) is 84.6 cm³/mol. The summed E-state index contributed by atoms with van der Waals surface area (Å²) in [4.78, 5) is 14.2. The van der Waals surface area contributed by atoms with Gasteiger partial charge in [-0.3, -0.25) is 0 Å². The van der Waals surface area contributed by atoms with Crippen LogP contribution in [0.15, 0.2) is 39.6 Å². The van der Waals surface area contributed by atoms with Crippen molar-refractivity contribution in [3.63, 3.8) is 0 Å². The molecule has 0 bridgehead atoms. The van der Waals surface area contributed by atoms with E-state index in [1.807, 2.05) is 23.6 Å². The smallest absolute Gasteiger partial charge is 0.318 e. The second kappa shape index (κ2) is 7.47. The lowest BCUT2D eigenvalue weighted by molar-refractivity contribution is 0.108. The summed E-state index contributed by atoms with van der Waals surface area (Å²) in [5.41, 5.74) is 1.13. The van der Waals surface area contributed by atoms with Crippen LogP contribution in [0.3, 0.4) is 0 Å². The third kappa shape index (κ3) is 4.11. The molecule has 22 heavy (non-hydrogen) atoms. The molecule has 1 aliphatic heterocycles. The molecule has 2 amide bonds. The van der Waals surface area contributed by atoms with Crippen molar-refractivity contribution in [2.75, 3.05) is 13.2 Å². The molecule has 1 fully saturated rings. The van der Waals surface area contributed by atoms with Crippen LogP contribution in [0.4, 0.5) is 4.79 Å². The van der Waals surface area contributed by atoms with E-state index in [0.29, 0.717) is 19.6 Å². The van der Waals surface area contributed by atoms with E-state index in [2.05, 4.69) is 10.7 Å². The Morgan fingerprint density at radius 1 is 1.41 bits per heavy atom. The molecule has 0 spiro atoms. The van der Waals surface area contributed by atoms with E-state index < -0.39 is 0 Å². The van der Waals surface area contributed by atoms with Gasteiger partial charge in [-0.1, -0.05) is 0 Å². The molecule has 2 aromatic heterocycles. The first-order valence-corrected chi connectivity index (χ1v) is 8.43. The fourth-order valence-corrected chi connectivity index (χ4v) is 3.17. The maximum Gasteiger partial charge on any atom is 0.318 e. The molecule has 0 saturated carbocycles. The highest BCUT2D eigenvalue weighted by Crippen LogP contribution is 2.14. The van der Waals surface area contributed by atoms with Crippen LogP contribution >= 0.6 is 11.3 Å². The highest BCUT2D eigenvalue weighted by Gasteiger charge is 2.20. The van der Waals surface area contributed by atoms with Gasteiger partial charge in [0.2, 0.25) is 0 Å². The molecule has 0 radical (unpaired) electrons. The predicted octanol–water partition coefficient (Wildman–Crippen LogP) is 3.23. The molecule has 5 nitrogen and oxygen atoms in total. The summed E-state index contributed by atoms with van der Waals surface area (Å²) < 4.78 is 10.9. The van der Waals surface area contributed by atoms with Crippen LogP contribution in [0.1, 0.15) is 24.2 Å². The summed E-state index contributed by atoms with van der Waals surface area (Å²) in [5, 5.41) is 7.05. The first-order chi connectivity index (χ1) is 10.8. The highest BCUT2D eigenvalue weighted by molar-refractivity contribution is 7.07. The highest BCUT2D eigenvalue weighted by atomic mass is 32.1. The maximum absolute atomic E-state index is 12.5. The van der Waals surface area contributed by atoms with Gasteiger partial charge >= 0.3 is 6.03 Å². The lowest BCUT2D eigenvalue weighted by Crippen LogP contribution is -2.42. The van der Waals surface area contributed by atoms with Crippen LogP contribution in [-0.4, -0.2) is 30.2 Å². The topological polar surface area (TPSA) is 54.7 Å². The number of nitrogens with one attached hydrogen (secondary N) is 1. The average molecular weight is 320 g/mol. The van der Waals surface area contributed by atoms with Gasteiger partial charge in [-0.05, 0) is 47.4 Å². The van der Waals surface area contributed by atoms with E-state index in [0.717, 1.165) is 30.8 Å². The Balaban J connectivity index is 1.59. The minimum Gasteiger partial charge on any atom is -0.467 e. The minimum absolute atomic E-state index is 0.0851. The Bertz CT molecular complexity index is 526. The fraction of sp³-hybridized carbons (Fsp3) is 0.438. The van der Waals surface area contributed by atoms with Crippen LogP contribution < -0.4 is 5.32 Å². The first kappa shape index (κ1) is 15.1. The Labute approximate surface area is 133 Å². The van der Waals surface area contributed by atoms with Crippen molar-refractivity contribution in [2.24, 2.45) is 0 Å². The van der Waals surface area contributed by atoms with Crippen LogP contribution in [0, 0.1) is 0 Å². The largest absolute Gasteiger partial charge is 0.467 e. The zero-order valence-corrected chi connectivity index (χ0v) is 13.2. The van der Waals surface area contributed by atoms with Gasteiger partial charge in [0.1, 0.15) is 5.76 Å². The molecule has 1 N–H and O–H groups in total. The minimum atomic E-state index is -0.0851. The Kier molecular flexibility index (Phi) is 5.13. The third-order valence-corrected chi connectivity index (χ3v) is 4.40. The standard InChI is InChI=1S/C16H20N2O3S/c19-16(17-9-14-3-1-6-20-14)18(10-13-5-8-22-12-13)11-15-4-2-7-21-15/h2,4-5,7-8,12,14H,1,3,6,9-11H2,(H,17,19)/t14-/m0/s1. The molecule has 0 unspecified atom stereocenters. The van der Waals surface area contributed by atoms with Crippen molar-refractivity contribution >= 4 is 17.4 Å².